The van der Waals surface area contributed by atoms with E-state index in [1.807, 2.05) is 5.48 Å². The summed E-state index contributed by atoms with van der Waals surface area (Å²) in [7, 11) is 2.96. The average Bonchev–Trinajstić information content (AvgIpc) is 2.27. The van der Waals surface area contributed by atoms with Crippen molar-refractivity contribution in [1.29, 1.82) is 0 Å². The summed E-state index contributed by atoms with van der Waals surface area (Å²) in [5.74, 6) is 0.822. The second kappa shape index (κ2) is 5.33. The van der Waals surface area contributed by atoms with Gasteiger partial charge in [0.15, 0.2) is 11.5 Å². The molecule has 2 N–H and O–H groups in total. The smallest absolute Gasteiger partial charge is 0.167 e. The number of hydrogen-bond acceptors (Lipinski definition) is 4. The van der Waals surface area contributed by atoms with Gasteiger partial charge in [0, 0.05) is 12.1 Å². The van der Waals surface area contributed by atoms with Crippen molar-refractivity contribution >= 4 is 0 Å². The van der Waals surface area contributed by atoms with E-state index in [4.69, 9.17) is 14.7 Å². The summed E-state index contributed by atoms with van der Waals surface area (Å²) >= 11 is 0. The lowest BCUT2D eigenvalue weighted by Crippen LogP contribution is -2.14. The molecule has 0 amide bonds. The van der Waals surface area contributed by atoms with Gasteiger partial charge in [-0.2, -0.15) is 0 Å². The standard InChI is InChI=1S/C12H18FNO3/c1-12(2,13)9-5-8(7-14-15)6-10(16-3)11(9)17-4/h5-6,14-15H,7H2,1-4H3. The van der Waals surface area contributed by atoms with E-state index in [0.29, 0.717) is 22.6 Å². The summed E-state index contributed by atoms with van der Waals surface area (Å²) in [5.41, 5.74) is 1.59. The third-order valence-electron chi connectivity index (χ3n) is 2.46. The van der Waals surface area contributed by atoms with Crippen molar-refractivity contribution < 1.29 is 19.1 Å². The van der Waals surface area contributed by atoms with Crippen LogP contribution < -0.4 is 15.0 Å². The molecule has 0 heterocycles. The lowest BCUT2D eigenvalue weighted by atomic mass is 9.96. The highest BCUT2D eigenvalue weighted by Crippen LogP contribution is 2.40. The van der Waals surface area contributed by atoms with E-state index in [2.05, 4.69) is 0 Å². The van der Waals surface area contributed by atoms with Crippen LogP contribution in [0, 0.1) is 0 Å². The first kappa shape index (κ1) is 13.7. The Balaban J connectivity index is 3.37. The predicted molar refractivity (Wildman–Crippen MR) is 62.3 cm³/mol. The first-order chi connectivity index (χ1) is 7.93. The molecule has 1 aromatic rings. The highest BCUT2D eigenvalue weighted by Gasteiger charge is 2.26. The van der Waals surface area contributed by atoms with Gasteiger partial charge >= 0.3 is 0 Å². The van der Waals surface area contributed by atoms with E-state index in [-0.39, 0.29) is 6.54 Å². The summed E-state index contributed by atoms with van der Waals surface area (Å²) in [6.45, 7) is 3.10. The molecule has 0 aliphatic carbocycles. The van der Waals surface area contributed by atoms with Gasteiger partial charge in [0.25, 0.3) is 0 Å². The van der Waals surface area contributed by atoms with Gasteiger partial charge in [-0.05, 0) is 31.5 Å². The maximum Gasteiger partial charge on any atom is 0.167 e. The lowest BCUT2D eigenvalue weighted by Gasteiger charge is -2.21. The fraction of sp³-hybridized carbons (Fsp3) is 0.500. The molecule has 0 radical (unpaired) electrons. The molecule has 17 heavy (non-hydrogen) atoms. The van der Waals surface area contributed by atoms with Crippen molar-refractivity contribution in [2.75, 3.05) is 14.2 Å². The van der Waals surface area contributed by atoms with Crippen molar-refractivity contribution in [2.45, 2.75) is 26.1 Å². The molecule has 5 heteroatoms. The number of rotatable bonds is 5. The van der Waals surface area contributed by atoms with Gasteiger partial charge in [0.05, 0.1) is 14.2 Å². The van der Waals surface area contributed by atoms with Gasteiger partial charge in [-0.1, -0.05) is 0 Å². The molecule has 0 atom stereocenters. The van der Waals surface area contributed by atoms with Crippen molar-refractivity contribution in [3.05, 3.63) is 23.3 Å². The van der Waals surface area contributed by atoms with Crippen LogP contribution in [-0.2, 0) is 12.2 Å². The van der Waals surface area contributed by atoms with Crippen molar-refractivity contribution in [3.63, 3.8) is 0 Å². The zero-order valence-electron chi connectivity index (χ0n) is 10.5. The summed E-state index contributed by atoms with van der Waals surface area (Å²) < 4.78 is 24.4. The number of benzene rings is 1. The Morgan fingerprint density at radius 2 is 1.94 bits per heavy atom. The molecule has 0 aromatic heterocycles. The zero-order valence-corrected chi connectivity index (χ0v) is 10.5. The zero-order chi connectivity index (χ0) is 13.1. The van der Waals surface area contributed by atoms with Crippen molar-refractivity contribution in [2.24, 2.45) is 0 Å². The molecule has 0 fully saturated rings. The Hall–Kier alpha value is -1.33. The van der Waals surface area contributed by atoms with Crippen molar-refractivity contribution in [1.82, 2.24) is 5.48 Å². The topological polar surface area (TPSA) is 50.7 Å². The minimum atomic E-state index is -1.55. The molecule has 0 aliphatic rings. The molecule has 1 rings (SSSR count). The van der Waals surface area contributed by atoms with Crippen LogP contribution in [0.1, 0.15) is 25.0 Å². The molecule has 4 nitrogen and oxygen atoms in total. The van der Waals surface area contributed by atoms with Crippen LogP contribution in [0.3, 0.4) is 0 Å². The van der Waals surface area contributed by atoms with Crippen LogP contribution >= 0.6 is 0 Å². The molecule has 0 unspecified atom stereocenters. The molecule has 0 bridgehead atoms. The molecule has 0 saturated carbocycles. The Kier molecular flexibility index (Phi) is 4.31. The number of halogens is 1. The fourth-order valence-corrected chi connectivity index (χ4v) is 1.66. The largest absolute Gasteiger partial charge is 0.493 e. The van der Waals surface area contributed by atoms with Gasteiger partial charge in [-0.15, -0.1) is 0 Å². The normalized spacial score (nSPS) is 11.4. The SMILES string of the molecule is COc1cc(CNO)cc(C(C)(C)F)c1OC. The number of hydrogen-bond donors (Lipinski definition) is 2. The molecule has 0 spiro atoms. The quantitative estimate of drug-likeness (QED) is 0.780. The minimum Gasteiger partial charge on any atom is -0.493 e. The fourth-order valence-electron chi connectivity index (χ4n) is 1.66. The predicted octanol–water partition coefficient (Wildman–Crippen LogP) is 2.39. The van der Waals surface area contributed by atoms with E-state index in [9.17, 15) is 4.39 Å². The van der Waals surface area contributed by atoms with E-state index in [1.54, 1.807) is 12.1 Å². The third kappa shape index (κ3) is 3.08. The maximum atomic E-state index is 14.1. The van der Waals surface area contributed by atoms with Crippen LogP contribution in [0.25, 0.3) is 0 Å². The number of alkyl halides is 1. The first-order valence-corrected chi connectivity index (χ1v) is 5.25. The van der Waals surface area contributed by atoms with Crippen LogP contribution in [0.5, 0.6) is 11.5 Å². The minimum absolute atomic E-state index is 0.212. The lowest BCUT2D eigenvalue weighted by molar-refractivity contribution is 0.160. The Morgan fingerprint density at radius 3 is 2.35 bits per heavy atom. The molecule has 1 aromatic carbocycles. The second-order valence-corrected chi connectivity index (χ2v) is 4.19. The molecule has 0 saturated heterocycles. The van der Waals surface area contributed by atoms with Crippen LogP contribution in [0.15, 0.2) is 12.1 Å². The molecular formula is C12H18FNO3. The van der Waals surface area contributed by atoms with E-state index >= 15 is 0 Å². The van der Waals surface area contributed by atoms with E-state index in [0.717, 1.165) is 0 Å². The van der Waals surface area contributed by atoms with Gasteiger partial charge in [0.1, 0.15) is 5.67 Å². The number of nitrogens with one attached hydrogen (secondary N) is 1. The number of hydroxylamine groups is 1. The average molecular weight is 243 g/mol. The van der Waals surface area contributed by atoms with Crippen LogP contribution in [0.4, 0.5) is 4.39 Å². The third-order valence-corrected chi connectivity index (χ3v) is 2.46. The summed E-state index contributed by atoms with van der Waals surface area (Å²) in [6, 6.07) is 3.34. The Labute approximate surface area is 100 Å². The highest BCUT2D eigenvalue weighted by molar-refractivity contribution is 5.51. The van der Waals surface area contributed by atoms with Crippen LogP contribution in [0.2, 0.25) is 0 Å². The first-order valence-electron chi connectivity index (χ1n) is 5.25. The Bertz CT molecular complexity index is 388. The number of methoxy groups -OCH3 is 2. The van der Waals surface area contributed by atoms with Crippen molar-refractivity contribution in [3.8, 4) is 11.5 Å². The summed E-state index contributed by atoms with van der Waals surface area (Å²) in [5, 5.41) is 8.69. The molecular weight excluding hydrogens is 225 g/mol. The summed E-state index contributed by atoms with van der Waals surface area (Å²) in [6.07, 6.45) is 0. The van der Waals surface area contributed by atoms with Gasteiger partial charge in [-0.25, -0.2) is 9.87 Å². The van der Waals surface area contributed by atoms with Gasteiger partial charge in [-0.3, -0.25) is 0 Å². The second-order valence-electron chi connectivity index (χ2n) is 4.19. The Morgan fingerprint density at radius 1 is 1.29 bits per heavy atom. The summed E-state index contributed by atoms with van der Waals surface area (Å²) in [4.78, 5) is 0. The molecule has 0 aliphatic heterocycles. The van der Waals surface area contributed by atoms with Gasteiger partial charge in [0.2, 0.25) is 0 Å². The van der Waals surface area contributed by atoms with Gasteiger partial charge < -0.3 is 14.7 Å². The highest BCUT2D eigenvalue weighted by atomic mass is 19.1. The maximum absolute atomic E-state index is 14.1. The number of ether oxygens (including phenoxy) is 2. The monoisotopic (exact) mass is 243 g/mol. The van der Waals surface area contributed by atoms with E-state index in [1.165, 1.54) is 28.1 Å². The molecule has 96 valence electrons. The van der Waals surface area contributed by atoms with Crippen LogP contribution in [-0.4, -0.2) is 19.4 Å². The van der Waals surface area contributed by atoms with E-state index < -0.39 is 5.67 Å².